The number of hydrogen-bond donors (Lipinski definition) is 0. The van der Waals surface area contributed by atoms with E-state index in [9.17, 15) is 8.42 Å². The molecule has 0 N–H and O–H groups in total. The first-order valence-electron chi connectivity index (χ1n) is 8.06. The van der Waals surface area contributed by atoms with Crippen LogP contribution in [0.3, 0.4) is 0 Å². The Morgan fingerprint density at radius 3 is 2.74 bits per heavy atom. The van der Waals surface area contributed by atoms with Crippen LogP contribution in [0.25, 0.3) is 0 Å². The first kappa shape index (κ1) is 16.2. The molecule has 1 fully saturated rings. The topological polar surface area (TPSA) is 55.2 Å². The molecule has 2 aromatic rings. The van der Waals surface area contributed by atoms with E-state index in [1.54, 1.807) is 0 Å². The van der Waals surface area contributed by atoms with Crippen molar-refractivity contribution in [2.75, 3.05) is 18.1 Å². The van der Waals surface area contributed by atoms with Gasteiger partial charge in [-0.1, -0.05) is 37.3 Å². The predicted molar refractivity (Wildman–Crippen MR) is 90.9 cm³/mol. The van der Waals surface area contributed by atoms with E-state index in [-0.39, 0.29) is 11.8 Å². The molecule has 1 aliphatic heterocycles. The van der Waals surface area contributed by atoms with Crippen LogP contribution in [0, 0.1) is 0 Å². The third-order valence-electron chi connectivity index (χ3n) is 4.47. The smallest absolute Gasteiger partial charge is 0.151 e. The van der Waals surface area contributed by atoms with Crippen LogP contribution in [0.15, 0.2) is 42.7 Å². The van der Waals surface area contributed by atoms with Crippen molar-refractivity contribution in [2.24, 2.45) is 0 Å². The van der Waals surface area contributed by atoms with Gasteiger partial charge < -0.3 is 4.57 Å². The van der Waals surface area contributed by atoms with Crippen molar-refractivity contribution >= 4 is 9.84 Å². The van der Waals surface area contributed by atoms with Crippen molar-refractivity contribution in [2.45, 2.75) is 32.5 Å². The minimum Gasteiger partial charge on any atom is -0.329 e. The van der Waals surface area contributed by atoms with Gasteiger partial charge in [0.15, 0.2) is 9.84 Å². The standard InChI is InChI=1S/C17H23N3O2S/c1-2-19(16-8-11-23(21,22)14-16)13-17-18-9-10-20(17)12-15-6-4-3-5-7-15/h3-7,9-10,16H,2,8,11-14H2,1H3. The highest BCUT2D eigenvalue weighted by Gasteiger charge is 2.32. The molecule has 0 saturated carbocycles. The van der Waals surface area contributed by atoms with Gasteiger partial charge in [0.25, 0.3) is 0 Å². The number of hydrogen-bond acceptors (Lipinski definition) is 4. The largest absolute Gasteiger partial charge is 0.329 e. The zero-order valence-electron chi connectivity index (χ0n) is 13.4. The van der Waals surface area contributed by atoms with E-state index in [0.29, 0.717) is 12.3 Å². The minimum atomic E-state index is -2.86. The highest BCUT2D eigenvalue weighted by atomic mass is 32.2. The van der Waals surface area contributed by atoms with Crippen molar-refractivity contribution in [3.8, 4) is 0 Å². The Morgan fingerprint density at radius 2 is 2.09 bits per heavy atom. The van der Waals surface area contributed by atoms with Gasteiger partial charge in [0.05, 0.1) is 18.1 Å². The van der Waals surface area contributed by atoms with Crippen LogP contribution in [0.2, 0.25) is 0 Å². The fourth-order valence-electron chi connectivity index (χ4n) is 3.16. The van der Waals surface area contributed by atoms with Gasteiger partial charge in [-0.3, -0.25) is 4.90 Å². The average Bonchev–Trinajstić information content (AvgIpc) is 3.12. The lowest BCUT2D eigenvalue weighted by Gasteiger charge is -2.26. The van der Waals surface area contributed by atoms with Crippen molar-refractivity contribution in [1.29, 1.82) is 0 Å². The Labute approximate surface area is 137 Å². The zero-order valence-corrected chi connectivity index (χ0v) is 14.2. The minimum absolute atomic E-state index is 0.117. The molecule has 5 nitrogen and oxygen atoms in total. The van der Waals surface area contributed by atoms with Crippen molar-refractivity contribution in [3.63, 3.8) is 0 Å². The van der Waals surface area contributed by atoms with Gasteiger partial charge in [-0.25, -0.2) is 13.4 Å². The molecule has 1 aliphatic rings. The first-order valence-corrected chi connectivity index (χ1v) is 9.88. The zero-order chi connectivity index (χ0) is 16.3. The molecule has 0 amide bonds. The molecule has 1 atom stereocenters. The van der Waals surface area contributed by atoms with Gasteiger partial charge in [0.1, 0.15) is 5.82 Å². The third kappa shape index (κ3) is 4.00. The second-order valence-corrected chi connectivity index (χ2v) is 8.31. The highest BCUT2D eigenvalue weighted by molar-refractivity contribution is 7.91. The number of rotatable bonds is 6. The van der Waals surface area contributed by atoms with Crippen LogP contribution >= 0.6 is 0 Å². The summed E-state index contributed by atoms with van der Waals surface area (Å²) in [5, 5.41) is 0. The molecular weight excluding hydrogens is 310 g/mol. The molecule has 1 saturated heterocycles. The molecule has 23 heavy (non-hydrogen) atoms. The molecule has 0 aliphatic carbocycles. The summed E-state index contributed by atoms with van der Waals surface area (Å²) in [5.41, 5.74) is 1.23. The Balaban J connectivity index is 1.71. The lowest BCUT2D eigenvalue weighted by Crippen LogP contribution is -2.36. The Kier molecular flexibility index (Phi) is 4.82. The summed E-state index contributed by atoms with van der Waals surface area (Å²) in [7, 11) is -2.86. The summed E-state index contributed by atoms with van der Waals surface area (Å²) in [6.07, 6.45) is 4.54. The Hall–Kier alpha value is -1.66. The average molecular weight is 333 g/mol. The normalized spacial score (nSPS) is 20.2. The monoisotopic (exact) mass is 333 g/mol. The van der Waals surface area contributed by atoms with E-state index < -0.39 is 9.84 Å². The quantitative estimate of drug-likeness (QED) is 0.811. The van der Waals surface area contributed by atoms with Crippen LogP contribution in [0.1, 0.15) is 24.7 Å². The van der Waals surface area contributed by atoms with E-state index in [4.69, 9.17) is 0 Å². The molecule has 124 valence electrons. The summed E-state index contributed by atoms with van der Waals surface area (Å²) < 4.78 is 25.6. The van der Waals surface area contributed by atoms with Crippen LogP contribution in [0.5, 0.6) is 0 Å². The lowest BCUT2D eigenvalue weighted by atomic mass is 10.2. The molecular formula is C17H23N3O2S. The maximum atomic E-state index is 11.7. The van der Waals surface area contributed by atoms with Crippen LogP contribution in [0.4, 0.5) is 0 Å². The van der Waals surface area contributed by atoms with E-state index in [2.05, 4.69) is 33.5 Å². The summed E-state index contributed by atoms with van der Waals surface area (Å²) in [6, 6.07) is 10.4. The summed E-state index contributed by atoms with van der Waals surface area (Å²) in [4.78, 5) is 6.71. The molecule has 1 aromatic heterocycles. The van der Waals surface area contributed by atoms with Gasteiger partial charge in [-0.05, 0) is 18.5 Å². The van der Waals surface area contributed by atoms with E-state index in [0.717, 1.165) is 25.3 Å². The van der Waals surface area contributed by atoms with E-state index in [1.807, 2.05) is 30.6 Å². The molecule has 0 spiro atoms. The van der Waals surface area contributed by atoms with Gasteiger partial charge in [0, 0.05) is 25.0 Å². The SMILES string of the molecule is CCN(Cc1nccn1Cc1ccccc1)C1CCS(=O)(=O)C1. The van der Waals surface area contributed by atoms with Crippen molar-refractivity contribution in [1.82, 2.24) is 14.5 Å². The first-order chi connectivity index (χ1) is 11.1. The Morgan fingerprint density at radius 1 is 1.30 bits per heavy atom. The summed E-state index contributed by atoms with van der Waals surface area (Å²) >= 11 is 0. The molecule has 1 unspecified atom stereocenters. The van der Waals surface area contributed by atoms with E-state index in [1.165, 1.54) is 5.56 Å². The molecule has 1 aromatic carbocycles. The molecule has 6 heteroatoms. The predicted octanol–water partition coefficient (Wildman–Crippen LogP) is 1.94. The summed E-state index contributed by atoms with van der Waals surface area (Å²) in [5.74, 6) is 1.58. The van der Waals surface area contributed by atoms with E-state index >= 15 is 0 Å². The molecule has 0 radical (unpaired) electrons. The second kappa shape index (κ2) is 6.84. The second-order valence-electron chi connectivity index (χ2n) is 6.08. The maximum absolute atomic E-state index is 11.7. The fraction of sp³-hybridized carbons (Fsp3) is 0.471. The number of nitrogens with zero attached hydrogens (tertiary/aromatic N) is 3. The van der Waals surface area contributed by atoms with Gasteiger partial charge >= 0.3 is 0 Å². The van der Waals surface area contributed by atoms with Gasteiger partial charge in [-0.2, -0.15) is 0 Å². The third-order valence-corrected chi connectivity index (χ3v) is 6.22. The number of sulfone groups is 1. The fourth-order valence-corrected chi connectivity index (χ4v) is 4.92. The molecule has 3 rings (SSSR count). The van der Waals surface area contributed by atoms with Crippen molar-refractivity contribution < 1.29 is 8.42 Å². The maximum Gasteiger partial charge on any atom is 0.151 e. The van der Waals surface area contributed by atoms with Gasteiger partial charge in [0.2, 0.25) is 0 Å². The van der Waals surface area contributed by atoms with Crippen LogP contribution in [-0.2, 0) is 22.9 Å². The van der Waals surface area contributed by atoms with Gasteiger partial charge in [-0.15, -0.1) is 0 Å². The van der Waals surface area contributed by atoms with Crippen LogP contribution < -0.4 is 0 Å². The van der Waals surface area contributed by atoms with Crippen LogP contribution in [-0.4, -0.2) is 47.0 Å². The molecule has 2 heterocycles. The molecule has 0 bridgehead atoms. The summed E-state index contributed by atoms with van der Waals surface area (Å²) in [6.45, 7) is 4.39. The highest BCUT2D eigenvalue weighted by Crippen LogP contribution is 2.19. The van der Waals surface area contributed by atoms with Crippen molar-refractivity contribution in [3.05, 3.63) is 54.1 Å². The number of benzene rings is 1. The Bertz CT molecular complexity index is 740. The lowest BCUT2D eigenvalue weighted by molar-refractivity contribution is 0.207. The number of aromatic nitrogens is 2. The number of imidazole rings is 1.